The molecule has 1 amide bonds. The Balaban J connectivity index is 1.84. The molecule has 3 aliphatic rings. The molecule has 1 N–H and O–H groups in total. The van der Waals surface area contributed by atoms with Gasteiger partial charge in [-0.15, -0.1) is 0 Å². The van der Waals surface area contributed by atoms with Crippen LogP contribution in [-0.2, 0) is 0 Å². The van der Waals surface area contributed by atoms with Gasteiger partial charge in [0.1, 0.15) is 0 Å². The largest absolute Gasteiger partial charge is 0.493 e. The van der Waals surface area contributed by atoms with Crippen molar-refractivity contribution in [1.29, 1.82) is 0 Å². The Morgan fingerprint density at radius 1 is 1.26 bits per heavy atom. The molecule has 0 aliphatic heterocycles. The van der Waals surface area contributed by atoms with E-state index in [1.54, 1.807) is 26.4 Å². The van der Waals surface area contributed by atoms with Crippen LogP contribution in [0.25, 0.3) is 0 Å². The van der Waals surface area contributed by atoms with Gasteiger partial charge >= 0.3 is 0 Å². The number of halogens is 1. The number of carbonyl (C=O) groups excluding carboxylic acids is 1. The van der Waals surface area contributed by atoms with Crippen molar-refractivity contribution in [2.45, 2.75) is 24.8 Å². The molecule has 5 heteroatoms. The molecule has 3 fully saturated rings. The number of methoxy groups -OCH3 is 2. The van der Waals surface area contributed by atoms with Crippen molar-refractivity contribution in [3.05, 3.63) is 22.2 Å². The average molecular weight is 326 g/mol. The van der Waals surface area contributed by atoms with Gasteiger partial charge < -0.3 is 14.8 Å². The van der Waals surface area contributed by atoms with Gasteiger partial charge in [-0.1, -0.05) is 0 Å². The Kier molecular flexibility index (Phi) is 2.96. The highest BCUT2D eigenvalue weighted by molar-refractivity contribution is 9.10. The van der Waals surface area contributed by atoms with Crippen molar-refractivity contribution >= 4 is 21.8 Å². The Hall–Kier alpha value is -1.23. The van der Waals surface area contributed by atoms with Gasteiger partial charge in [0, 0.05) is 10.0 Å². The highest BCUT2D eigenvalue weighted by Crippen LogP contribution is 2.57. The van der Waals surface area contributed by atoms with Crippen molar-refractivity contribution in [3.63, 3.8) is 0 Å². The zero-order valence-electron chi connectivity index (χ0n) is 11.0. The van der Waals surface area contributed by atoms with Crippen LogP contribution in [0.5, 0.6) is 11.5 Å². The van der Waals surface area contributed by atoms with E-state index in [2.05, 4.69) is 21.2 Å². The van der Waals surface area contributed by atoms with E-state index in [1.165, 1.54) is 0 Å². The number of rotatable bonds is 4. The van der Waals surface area contributed by atoms with E-state index in [-0.39, 0.29) is 11.4 Å². The van der Waals surface area contributed by atoms with Crippen LogP contribution in [0.4, 0.5) is 0 Å². The molecule has 1 aromatic rings. The van der Waals surface area contributed by atoms with Crippen LogP contribution in [0.1, 0.15) is 29.6 Å². The third-order valence-electron chi connectivity index (χ3n) is 4.13. The van der Waals surface area contributed by atoms with Crippen LogP contribution >= 0.6 is 15.9 Å². The number of amides is 1. The summed E-state index contributed by atoms with van der Waals surface area (Å²) >= 11 is 3.42. The van der Waals surface area contributed by atoms with E-state index in [1.807, 2.05) is 0 Å². The summed E-state index contributed by atoms with van der Waals surface area (Å²) in [7, 11) is 3.14. The molecule has 4 rings (SSSR count). The van der Waals surface area contributed by atoms with E-state index >= 15 is 0 Å². The average Bonchev–Trinajstić information content (AvgIpc) is 2.31. The van der Waals surface area contributed by atoms with Crippen LogP contribution in [0.15, 0.2) is 16.6 Å². The summed E-state index contributed by atoms with van der Waals surface area (Å²) in [6, 6.07) is 3.47. The molecule has 2 bridgehead atoms. The summed E-state index contributed by atoms with van der Waals surface area (Å²) in [6.45, 7) is 0. The molecule has 102 valence electrons. The normalized spacial score (nSPS) is 27.0. The first-order chi connectivity index (χ1) is 9.07. The summed E-state index contributed by atoms with van der Waals surface area (Å²) in [4.78, 5) is 12.3. The summed E-state index contributed by atoms with van der Waals surface area (Å²) in [5, 5.41) is 3.14. The maximum Gasteiger partial charge on any atom is 0.252 e. The zero-order chi connectivity index (χ0) is 13.6. The van der Waals surface area contributed by atoms with Gasteiger partial charge in [-0.05, 0) is 53.2 Å². The summed E-state index contributed by atoms with van der Waals surface area (Å²) in [5.74, 6) is 1.96. The second-order valence-electron chi connectivity index (χ2n) is 5.40. The molecule has 0 radical (unpaired) electrons. The third kappa shape index (κ3) is 2.00. The Morgan fingerprint density at radius 3 is 2.32 bits per heavy atom. The second kappa shape index (κ2) is 4.40. The second-order valence-corrected chi connectivity index (χ2v) is 6.25. The lowest BCUT2D eigenvalue weighted by Gasteiger charge is -2.61. The molecular formula is C14H16BrNO3. The minimum absolute atomic E-state index is 0.0500. The maximum atomic E-state index is 12.3. The smallest absolute Gasteiger partial charge is 0.252 e. The van der Waals surface area contributed by atoms with Crippen LogP contribution in [0.2, 0.25) is 0 Å². The lowest BCUT2D eigenvalue weighted by molar-refractivity contribution is -0.0438. The van der Waals surface area contributed by atoms with Crippen molar-refractivity contribution in [2.75, 3.05) is 14.2 Å². The van der Waals surface area contributed by atoms with E-state index in [0.29, 0.717) is 21.5 Å². The van der Waals surface area contributed by atoms with Crippen molar-refractivity contribution in [2.24, 2.45) is 5.92 Å². The molecule has 0 heterocycles. The molecule has 0 spiro atoms. The summed E-state index contributed by atoms with van der Waals surface area (Å²) < 4.78 is 11.2. The number of hydrogen-bond acceptors (Lipinski definition) is 3. The predicted molar refractivity (Wildman–Crippen MR) is 74.8 cm³/mol. The molecule has 0 aromatic heterocycles. The van der Waals surface area contributed by atoms with Crippen LogP contribution in [0, 0.1) is 5.92 Å². The minimum atomic E-state index is -0.0500. The highest BCUT2D eigenvalue weighted by Gasteiger charge is 2.57. The van der Waals surface area contributed by atoms with Crippen LogP contribution in [-0.4, -0.2) is 25.7 Å². The molecule has 1 aromatic carbocycles. The van der Waals surface area contributed by atoms with Crippen molar-refractivity contribution < 1.29 is 14.3 Å². The zero-order valence-corrected chi connectivity index (χ0v) is 12.5. The standard InChI is InChI=1S/C14H16BrNO3/c1-18-11-3-9(10(15)4-12(11)19-2)13(17)16-14-5-8(6-14)7-14/h3-4,8H,5-7H2,1-2H3,(H,16,17). The van der Waals surface area contributed by atoms with E-state index in [0.717, 1.165) is 25.2 Å². The van der Waals surface area contributed by atoms with Crippen molar-refractivity contribution in [1.82, 2.24) is 5.32 Å². The highest BCUT2D eigenvalue weighted by atomic mass is 79.9. The van der Waals surface area contributed by atoms with Gasteiger partial charge in [-0.2, -0.15) is 0 Å². The molecule has 3 aliphatic carbocycles. The molecular weight excluding hydrogens is 310 g/mol. The van der Waals surface area contributed by atoms with Gasteiger partial charge in [-0.25, -0.2) is 0 Å². The number of nitrogens with one attached hydrogen (secondary N) is 1. The number of benzene rings is 1. The Labute approximate surface area is 120 Å². The lowest BCUT2D eigenvalue weighted by Crippen LogP contribution is -2.68. The van der Waals surface area contributed by atoms with Gasteiger partial charge in [0.25, 0.3) is 5.91 Å². The molecule has 19 heavy (non-hydrogen) atoms. The number of ether oxygens (including phenoxy) is 2. The fraction of sp³-hybridized carbons (Fsp3) is 0.500. The third-order valence-corrected chi connectivity index (χ3v) is 4.79. The monoisotopic (exact) mass is 325 g/mol. The van der Waals surface area contributed by atoms with Gasteiger partial charge in [0.15, 0.2) is 11.5 Å². The fourth-order valence-electron chi connectivity index (χ4n) is 2.97. The van der Waals surface area contributed by atoms with Gasteiger partial charge in [0.2, 0.25) is 0 Å². The molecule has 3 saturated carbocycles. The number of hydrogen-bond donors (Lipinski definition) is 1. The molecule has 0 saturated heterocycles. The van der Waals surface area contributed by atoms with E-state index in [9.17, 15) is 4.79 Å². The molecule has 0 atom stereocenters. The first-order valence-corrected chi connectivity index (χ1v) is 7.10. The van der Waals surface area contributed by atoms with E-state index < -0.39 is 0 Å². The maximum absolute atomic E-state index is 12.3. The fourth-order valence-corrected chi connectivity index (χ4v) is 3.47. The topological polar surface area (TPSA) is 47.6 Å². The SMILES string of the molecule is COc1cc(Br)c(C(=O)NC23CC(C2)C3)cc1OC. The first kappa shape index (κ1) is 12.8. The summed E-state index contributed by atoms with van der Waals surface area (Å²) in [5.41, 5.74) is 0.663. The van der Waals surface area contributed by atoms with Crippen LogP contribution < -0.4 is 14.8 Å². The van der Waals surface area contributed by atoms with E-state index in [4.69, 9.17) is 9.47 Å². The quantitative estimate of drug-likeness (QED) is 0.925. The van der Waals surface area contributed by atoms with Crippen molar-refractivity contribution in [3.8, 4) is 11.5 Å². The van der Waals surface area contributed by atoms with Gasteiger partial charge in [-0.3, -0.25) is 4.79 Å². The first-order valence-electron chi connectivity index (χ1n) is 6.31. The molecule has 4 nitrogen and oxygen atoms in total. The lowest BCUT2D eigenvalue weighted by atomic mass is 9.50. The Bertz CT molecular complexity index is 527. The Morgan fingerprint density at radius 2 is 1.84 bits per heavy atom. The number of carbonyl (C=O) groups is 1. The van der Waals surface area contributed by atoms with Crippen LogP contribution in [0.3, 0.4) is 0 Å². The minimum Gasteiger partial charge on any atom is -0.493 e. The van der Waals surface area contributed by atoms with Gasteiger partial charge in [0.05, 0.1) is 19.8 Å². The molecule has 0 unspecified atom stereocenters. The predicted octanol–water partition coefficient (Wildman–Crippen LogP) is 2.75. The summed E-state index contributed by atoms with van der Waals surface area (Å²) in [6.07, 6.45) is 3.39.